The smallest absolute Gasteiger partial charge is 0.119 e. The Hall–Kier alpha value is -2.36. The van der Waals surface area contributed by atoms with Crippen LogP contribution in [0.2, 0.25) is 0 Å². The first-order chi connectivity index (χ1) is 19.8. The molecular formula is C32H51NO7. The van der Waals surface area contributed by atoms with Crippen LogP contribution in [-0.2, 0) is 30.1 Å². The van der Waals surface area contributed by atoms with Crippen LogP contribution in [0.3, 0.4) is 0 Å². The van der Waals surface area contributed by atoms with Crippen LogP contribution in [0.1, 0.15) is 51.0 Å². The summed E-state index contributed by atoms with van der Waals surface area (Å²) in [4.78, 5) is 0. The van der Waals surface area contributed by atoms with Gasteiger partial charge in [-0.2, -0.15) is 0 Å². The molecule has 0 atom stereocenters. The highest BCUT2D eigenvalue weighted by molar-refractivity contribution is 5.41. The van der Waals surface area contributed by atoms with Crippen LogP contribution in [0.15, 0.2) is 48.5 Å². The van der Waals surface area contributed by atoms with Crippen molar-refractivity contribution in [2.75, 3.05) is 85.0 Å². The van der Waals surface area contributed by atoms with Crippen LogP contribution in [0.4, 0.5) is 5.69 Å². The summed E-state index contributed by atoms with van der Waals surface area (Å²) in [5, 5.41) is 0. The van der Waals surface area contributed by atoms with Gasteiger partial charge in [0, 0.05) is 5.69 Å². The Labute approximate surface area is 241 Å². The van der Waals surface area contributed by atoms with Gasteiger partial charge in [-0.1, -0.05) is 51.2 Å². The molecule has 0 spiro atoms. The molecule has 2 rings (SSSR count). The number of nitrogens with two attached hydrogens (primary N) is 1. The summed E-state index contributed by atoms with van der Waals surface area (Å²) in [7, 11) is 0. The predicted octanol–water partition coefficient (Wildman–Crippen LogP) is 5.71. The van der Waals surface area contributed by atoms with Gasteiger partial charge in [-0.05, 0) is 54.8 Å². The summed E-state index contributed by atoms with van der Waals surface area (Å²) >= 11 is 0. The standard InChI is InChI=1S/C32H51NO7/c1-2-3-4-5-6-7-8-29-9-13-31(14-10-29)39-27-25-37-23-21-35-19-17-34-18-20-36-22-24-38-26-28-40-32-15-11-30(33)12-16-32/h9-16H,2-8,17-28,33H2,1H3. The van der Waals surface area contributed by atoms with E-state index in [4.69, 9.17) is 38.9 Å². The van der Waals surface area contributed by atoms with Gasteiger partial charge in [0.15, 0.2) is 0 Å². The zero-order valence-corrected chi connectivity index (χ0v) is 24.5. The van der Waals surface area contributed by atoms with E-state index in [-0.39, 0.29) is 0 Å². The number of hydrogen-bond acceptors (Lipinski definition) is 8. The molecule has 0 fully saturated rings. The molecule has 0 aliphatic heterocycles. The van der Waals surface area contributed by atoms with Crippen molar-refractivity contribution >= 4 is 5.69 Å². The number of aryl methyl sites for hydroxylation is 1. The maximum absolute atomic E-state index is 5.76. The minimum atomic E-state index is 0.486. The number of ether oxygens (including phenoxy) is 7. The molecule has 40 heavy (non-hydrogen) atoms. The normalized spacial score (nSPS) is 11.1. The lowest BCUT2D eigenvalue weighted by atomic mass is 10.0. The van der Waals surface area contributed by atoms with E-state index in [1.54, 1.807) is 0 Å². The molecule has 0 radical (unpaired) electrons. The van der Waals surface area contributed by atoms with E-state index in [1.807, 2.05) is 24.3 Å². The van der Waals surface area contributed by atoms with E-state index in [1.165, 1.54) is 44.1 Å². The van der Waals surface area contributed by atoms with Gasteiger partial charge in [0.05, 0.1) is 66.1 Å². The second-order valence-corrected chi connectivity index (χ2v) is 9.49. The third-order valence-electron chi connectivity index (χ3n) is 6.10. The van der Waals surface area contributed by atoms with Crippen molar-refractivity contribution in [2.24, 2.45) is 0 Å². The maximum Gasteiger partial charge on any atom is 0.119 e. The topological polar surface area (TPSA) is 90.6 Å². The Balaban J connectivity index is 1.26. The van der Waals surface area contributed by atoms with Crippen molar-refractivity contribution in [1.82, 2.24) is 0 Å². The van der Waals surface area contributed by atoms with Gasteiger partial charge in [0.25, 0.3) is 0 Å². The first-order valence-electron chi connectivity index (χ1n) is 14.9. The Bertz CT molecular complexity index is 817. The number of rotatable bonds is 27. The monoisotopic (exact) mass is 561 g/mol. The first kappa shape index (κ1) is 33.8. The van der Waals surface area contributed by atoms with Gasteiger partial charge in [0.1, 0.15) is 24.7 Å². The third-order valence-corrected chi connectivity index (χ3v) is 6.10. The molecule has 0 aliphatic rings. The summed E-state index contributed by atoms with van der Waals surface area (Å²) < 4.78 is 38.9. The number of hydrogen-bond donors (Lipinski definition) is 1. The molecule has 0 aliphatic carbocycles. The van der Waals surface area contributed by atoms with Gasteiger partial charge in [0.2, 0.25) is 0 Å². The van der Waals surface area contributed by atoms with E-state index in [2.05, 4.69) is 31.2 Å². The lowest BCUT2D eigenvalue weighted by Gasteiger charge is -2.09. The lowest BCUT2D eigenvalue weighted by Crippen LogP contribution is -2.15. The summed E-state index contributed by atoms with van der Waals surface area (Å²) in [5.74, 6) is 1.67. The lowest BCUT2D eigenvalue weighted by molar-refractivity contribution is -0.0141. The Kier molecular flexibility index (Phi) is 20.7. The zero-order chi connectivity index (χ0) is 28.4. The van der Waals surface area contributed by atoms with Crippen LogP contribution in [-0.4, -0.2) is 79.3 Å². The second kappa shape index (κ2) is 24.4. The minimum Gasteiger partial charge on any atom is -0.491 e. The molecule has 226 valence electrons. The SMILES string of the molecule is CCCCCCCCc1ccc(OCCOCCOCCOCCOCCOCCOc2ccc(N)cc2)cc1. The molecule has 0 saturated heterocycles. The number of anilines is 1. The molecule has 8 heteroatoms. The van der Waals surface area contributed by atoms with Gasteiger partial charge in [-0.3, -0.25) is 0 Å². The van der Waals surface area contributed by atoms with E-state index in [0.717, 1.165) is 23.6 Å². The van der Waals surface area contributed by atoms with E-state index < -0.39 is 0 Å². The highest BCUT2D eigenvalue weighted by Crippen LogP contribution is 2.15. The summed E-state index contributed by atoms with van der Waals surface area (Å²) in [6.45, 7) is 8.53. The van der Waals surface area contributed by atoms with E-state index >= 15 is 0 Å². The van der Waals surface area contributed by atoms with Gasteiger partial charge < -0.3 is 38.9 Å². The summed E-state index contributed by atoms with van der Waals surface area (Å²) in [6, 6.07) is 15.7. The van der Waals surface area contributed by atoms with Crippen molar-refractivity contribution in [3.8, 4) is 11.5 Å². The van der Waals surface area contributed by atoms with Crippen LogP contribution < -0.4 is 15.2 Å². The Morgan fingerprint density at radius 3 is 1.27 bits per heavy atom. The molecule has 2 aromatic rings. The van der Waals surface area contributed by atoms with E-state index in [9.17, 15) is 0 Å². The van der Waals surface area contributed by atoms with Crippen LogP contribution in [0, 0.1) is 0 Å². The summed E-state index contributed by atoms with van der Waals surface area (Å²) in [6.07, 6.45) is 9.11. The van der Waals surface area contributed by atoms with Crippen molar-refractivity contribution in [2.45, 2.75) is 51.9 Å². The van der Waals surface area contributed by atoms with Crippen LogP contribution in [0.25, 0.3) is 0 Å². The fourth-order valence-corrected chi connectivity index (χ4v) is 3.84. The average Bonchev–Trinajstić information content (AvgIpc) is 2.97. The van der Waals surface area contributed by atoms with Crippen LogP contribution in [0.5, 0.6) is 11.5 Å². The molecule has 0 heterocycles. The van der Waals surface area contributed by atoms with Crippen molar-refractivity contribution < 1.29 is 33.2 Å². The summed E-state index contributed by atoms with van der Waals surface area (Å²) in [5.41, 5.74) is 7.74. The molecule has 0 aromatic heterocycles. The maximum atomic E-state index is 5.76. The minimum absolute atomic E-state index is 0.486. The number of benzene rings is 2. The predicted molar refractivity (Wildman–Crippen MR) is 159 cm³/mol. The molecule has 0 saturated carbocycles. The number of unbranched alkanes of at least 4 members (excludes halogenated alkanes) is 5. The fraction of sp³-hybridized carbons (Fsp3) is 0.625. The van der Waals surface area contributed by atoms with Gasteiger partial charge >= 0.3 is 0 Å². The van der Waals surface area contributed by atoms with Crippen LogP contribution >= 0.6 is 0 Å². The molecule has 8 nitrogen and oxygen atoms in total. The zero-order valence-electron chi connectivity index (χ0n) is 24.5. The van der Waals surface area contributed by atoms with Crippen molar-refractivity contribution in [3.05, 3.63) is 54.1 Å². The molecule has 0 amide bonds. The molecule has 0 bridgehead atoms. The Morgan fingerprint density at radius 1 is 0.450 bits per heavy atom. The van der Waals surface area contributed by atoms with Crippen molar-refractivity contribution in [3.63, 3.8) is 0 Å². The molecule has 2 N–H and O–H groups in total. The molecule has 2 aromatic carbocycles. The highest BCUT2D eigenvalue weighted by atomic mass is 16.6. The molecule has 0 unspecified atom stereocenters. The first-order valence-corrected chi connectivity index (χ1v) is 14.9. The largest absolute Gasteiger partial charge is 0.491 e. The third kappa shape index (κ3) is 18.8. The highest BCUT2D eigenvalue weighted by Gasteiger charge is 1.99. The average molecular weight is 562 g/mol. The van der Waals surface area contributed by atoms with Crippen molar-refractivity contribution in [1.29, 1.82) is 0 Å². The second-order valence-electron chi connectivity index (χ2n) is 9.49. The van der Waals surface area contributed by atoms with Gasteiger partial charge in [-0.25, -0.2) is 0 Å². The molecular weight excluding hydrogens is 510 g/mol. The quantitative estimate of drug-likeness (QED) is 0.110. The Morgan fingerprint density at radius 2 is 0.825 bits per heavy atom. The van der Waals surface area contributed by atoms with Gasteiger partial charge in [-0.15, -0.1) is 0 Å². The fourth-order valence-electron chi connectivity index (χ4n) is 3.84. The van der Waals surface area contributed by atoms with E-state index in [0.29, 0.717) is 79.3 Å². The number of nitrogen functional groups attached to an aromatic ring is 1.